The molecule has 0 saturated heterocycles. The van der Waals surface area contributed by atoms with Crippen molar-refractivity contribution < 1.29 is 9.53 Å². The predicted molar refractivity (Wildman–Crippen MR) is 181 cm³/mol. The molecule has 42 heavy (non-hydrogen) atoms. The van der Waals surface area contributed by atoms with E-state index in [9.17, 15) is 5.11 Å². The number of hydrogen-bond acceptors (Lipinski definition) is 3. The summed E-state index contributed by atoms with van der Waals surface area (Å²) in [5, 5.41) is 13.9. The van der Waals surface area contributed by atoms with Crippen molar-refractivity contribution >= 4 is 30.5 Å². The van der Waals surface area contributed by atoms with Gasteiger partial charge in [0.15, 0.2) is 0 Å². The van der Waals surface area contributed by atoms with E-state index in [-0.39, 0.29) is 11.6 Å². The minimum absolute atomic E-state index is 0.148. The monoisotopic (exact) mass is 588 g/mol. The van der Waals surface area contributed by atoms with E-state index in [0.29, 0.717) is 5.75 Å². The van der Waals surface area contributed by atoms with Gasteiger partial charge in [0.2, 0.25) is 0 Å². The molecular formula is C38H40O2SSi. The van der Waals surface area contributed by atoms with Gasteiger partial charge in [-0.2, -0.15) is 0 Å². The van der Waals surface area contributed by atoms with Gasteiger partial charge >= 0.3 is 0 Å². The average molecular weight is 589 g/mol. The molecule has 0 heterocycles. The van der Waals surface area contributed by atoms with Gasteiger partial charge in [-0.15, -0.1) is 11.8 Å². The number of aliphatic hydroxyl groups is 1. The van der Waals surface area contributed by atoms with E-state index in [1.165, 1.54) is 27.1 Å². The molecule has 5 aromatic rings. The Kier molecular flexibility index (Phi) is 9.49. The van der Waals surface area contributed by atoms with Gasteiger partial charge < -0.3 is 9.53 Å². The molecule has 0 unspecified atom stereocenters. The van der Waals surface area contributed by atoms with Crippen LogP contribution in [0.4, 0.5) is 0 Å². The standard InChI is InChI=1S/C38H40O2SSi/c1-37(2,3)42(35-25-15-7-16-26-35,36-27-17-8-18-28-36)40-29-34(39)30-41-38(31-19-9-4-10-20-31,32-21-11-5-12-22-32)33-23-13-6-14-24-33/h4-28,34,39H,29-30H2,1-3H3/t34-/m0/s1. The zero-order valence-corrected chi connectivity index (χ0v) is 26.5. The number of aliphatic hydroxyl groups excluding tert-OH is 1. The minimum Gasteiger partial charge on any atom is -0.405 e. The molecule has 0 radical (unpaired) electrons. The molecule has 1 atom stereocenters. The highest BCUT2D eigenvalue weighted by atomic mass is 32.2. The van der Waals surface area contributed by atoms with E-state index in [0.717, 1.165) is 0 Å². The van der Waals surface area contributed by atoms with Gasteiger partial charge in [-0.25, -0.2) is 0 Å². The first-order valence-electron chi connectivity index (χ1n) is 14.6. The van der Waals surface area contributed by atoms with Crippen LogP contribution < -0.4 is 10.4 Å². The Labute approximate surface area is 256 Å². The van der Waals surface area contributed by atoms with Crippen LogP contribution in [0, 0.1) is 0 Å². The van der Waals surface area contributed by atoms with Crippen LogP contribution >= 0.6 is 11.8 Å². The van der Waals surface area contributed by atoms with Crippen molar-refractivity contribution in [1.82, 2.24) is 0 Å². The molecule has 0 spiro atoms. The Balaban J connectivity index is 1.49. The van der Waals surface area contributed by atoms with Gasteiger partial charge in [0.1, 0.15) is 0 Å². The van der Waals surface area contributed by atoms with E-state index in [1.807, 2.05) is 0 Å². The molecule has 4 heteroatoms. The maximum Gasteiger partial charge on any atom is 0.261 e. The summed E-state index contributed by atoms with van der Waals surface area (Å²) in [6.07, 6.45) is -0.660. The van der Waals surface area contributed by atoms with Gasteiger partial charge in [-0.3, -0.25) is 0 Å². The fraction of sp³-hybridized carbons (Fsp3) is 0.211. The van der Waals surface area contributed by atoms with Gasteiger partial charge in [0.25, 0.3) is 8.32 Å². The summed E-state index contributed by atoms with van der Waals surface area (Å²) in [4.78, 5) is 0. The molecule has 0 saturated carbocycles. The zero-order chi connectivity index (χ0) is 29.5. The first-order chi connectivity index (χ1) is 20.4. The van der Waals surface area contributed by atoms with Crippen LogP contribution in [0.2, 0.25) is 5.04 Å². The smallest absolute Gasteiger partial charge is 0.261 e. The first-order valence-corrected chi connectivity index (χ1v) is 17.5. The summed E-state index contributed by atoms with van der Waals surface area (Å²) in [7, 11) is -2.75. The number of rotatable bonds is 11. The summed E-state index contributed by atoms with van der Waals surface area (Å²) in [6.45, 7) is 7.07. The maximum absolute atomic E-state index is 11.7. The van der Waals surface area contributed by atoms with E-state index >= 15 is 0 Å². The second-order valence-corrected chi connectivity index (χ2v) is 17.3. The number of benzene rings is 5. The predicted octanol–water partition coefficient (Wildman–Crippen LogP) is 7.65. The molecule has 5 rings (SSSR count). The van der Waals surface area contributed by atoms with Crippen molar-refractivity contribution in [3.63, 3.8) is 0 Å². The molecule has 0 aliphatic heterocycles. The highest BCUT2D eigenvalue weighted by Crippen LogP contribution is 2.48. The van der Waals surface area contributed by atoms with Gasteiger partial charge in [-0.05, 0) is 32.1 Å². The largest absolute Gasteiger partial charge is 0.405 e. The van der Waals surface area contributed by atoms with Crippen LogP contribution in [0.3, 0.4) is 0 Å². The summed E-state index contributed by atoms with van der Waals surface area (Å²) in [5.41, 5.74) is 3.56. The van der Waals surface area contributed by atoms with Crippen molar-refractivity contribution in [3.8, 4) is 0 Å². The van der Waals surface area contributed by atoms with Gasteiger partial charge in [0, 0.05) is 5.75 Å². The molecule has 0 aromatic heterocycles. The van der Waals surface area contributed by atoms with E-state index in [1.54, 1.807) is 11.8 Å². The Morgan fingerprint density at radius 1 is 0.571 bits per heavy atom. The molecule has 2 nitrogen and oxygen atoms in total. The van der Waals surface area contributed by atoms with E-state index in [4.69, 9.17) is 4.43 Å². The lowest BCUT2D eigenvalue weighted by Crippen LogP contribution is -2.67. The third-order valence-corrected chi connectivity index (χ3v) is 14.6. The van der Waals surface area contributed by atoms with Crippen LogP contribution in [-0.2, 0) is 9.17 Å². The fourth-order valence-corrected chi connectivity index (χ4v) is 12.1. The Morgan fingerprint density at radius 2 is 0.905 bits per heavy atom. The second-order valence-electron chi connectivity index (χ2n) is 11.7. The Morgan fingerprint density at radius 3 is 1.24 bits per heavy atom. The summed E-state index contributed by atoms with van der Waals surface area (Å²) in [6, 6.07) is 53.1. The SMILES string of the molecule is CC(C)(C)[Si](OC[C@H](O)CSC(c1ccccc1)(c1ccccc1)c1ccccc1)(c1ccccc1)c1ccccc1. The third-order valence-electron chi connectivity index (χ3n) is 7.94. The summed E-state index contributed by atoms with van der Waals surface area (Å²) < 4.78 is 6.60. The summed E-state index contributed by atoms with van der Waals surface area (Å²) >= 11 is 1.77. The lowest BCUT2D eigenvalue weighted by molar-refractivity contribution is 0.120. The van der Waals surface area contributed by atoms with Crippen molar-refractivity contribution in [2.24, 2.45) is 0 Å². The average Bonchev–Trinajstić information content (AvgIpc) is 3.04. The lowest BCUT2D eigenvalue weighted by Gasteiger charge is -2.43. The Bertz CT molecular complexity index is 1370. The minimum atomic E-state index is -2.75. The molecule has 0 amide bonds. The van der Waals surface area contributed by atoms with Crippen LogP contribution in [-0.4, -0.2) is 31.9 Å². The molecule has 0 fully saturated rings. The molecule has 1 N–H and O–H groups in total. The van der Waals surface area contributed by atoms with Crippen molar-refractivity contribution in [2.75, 3.05) is 12.4 Å². The van der Waals surface area contributed by atoms with Crippen molar-refractivity contribution in [2.45, 2.75) is 36.7 Å². The molecule has 5 aromatic carbocycles. The molecular weight excluding hydrogens is 549 g/mol. The second kappa shape index (κ2) is 13.3. The fourth-order valence-electron chi connectivity index (χ4n) is 6.02. The highest BCUT2D eigenvalue weighted by Gasteiger charge is 2.50. The number of thioether (sulfide) groups is 1. The quantitative estimate of drug-likeness (QED) is 0.127. The van der Waals surface area contributed by atoms with Crippen LogP contribution in [0.1, 0.15) is 37.5 Å². The van der Waals surface area contributed by atoms with Gasteiger partial charge in [-0.1, -0.05) is 172 Å². The normalized spacial score (nSPS) is 13.0. The van der Waals surface area contributed by atoms with Gasteiger partial charge in [0.05, 0.1) is 17.5 Å². The van der Waals surface area contributed by atoms with E-state index < -0.39 is 19.2 Å². The van der Waals surface area contributed by atoms with Crippen LogP contribution in [0.25, 0.3) is 0 Å². The van der Waals surface area contributed by atoms with Crippen LogP contribution in [0.15, 0.2) is 152 Å². The third kappa shape index (κ3) is 6.04. The maximum atomic E-state index is 11.7. The summed E-state index contributed by atoms with van der Waals surface area (Å²) in [5.74, 6) is 0.511. The van der Waals surface area contributed by atoms with Crippen LogP contribution in [0.5, 0.6) is 0 Å². The molecule has 214 valence electrons. The highest BCUT2D eigenvalue weighted by molar-refractivity contribution is 8.00. The van der Waals surface area contributed by atoms with Crippen molar-refractivity contribution in [1.29, 1.82) is 0 Å². The first kappa shape index (κ1) is 30.1. The molecule has 0 aliphatic carbocycles. The van der Waals surface area contributed by atoms with Crippen molar-refractivity contribution in [3.05, 3.63) is 168 Å². The lowest BCUT2D eigenvalue weighted by atomic mass is 9.84. The zero-order valence-electron chi connectivity index (χ0n) is 24.7. The molecule has 0 aliphatic rings. The topological polar surface area (TPSA) is 29.5 Å². The number of hydrogen-bond donors (Lipinski definition) is 1. The van der Waals surface area contributed by atoms with E-state index in [2.05, 4.69) is 172 Å². The molecule has 0 bridgehead atoms. The Hall–Kier alpha value is -3.41.